The third-order valence-electron chi connectivity index (χ3n) is 2.72. The summed E-state index contributed by atoms with van der Waals surface area (Å²) in [5.74, 6) is 2.21. The molecule has 106 valence electrons. The molecule has 2 N–H and O–H groups in total. The number of nitrogens with one attached hydrogen (secondary N) is 2. The van der Waals surface area contributed by atoms with Gasteiger partial charge in [-0.05, 0) is 12.1 Å². The van der Waals surface area contributed by atoms with Crippen LogP contribution in [0.4, 0.5) is 11.6 Å². The van der Waals surface area contributed by atoms with Gasteiger partial charge in [-0.25, -0.2) is 9.97 Å². The molecule has 0 aliphatic rings. The molecular formula is C14H19N5O. The fraction of sp³-hybridized carbons (Fsp3) is 0.357. The summed E-state index contributed by atoms with van der Waals surface area (Å²) < 4.78 is 5.07. The van der Waals surface area contributed by atoms with Crippen molar-refractivity contribution in [2.24, 2.45) is 0 Å². The van der Waals surface area contributed by atoms with Crippen LogP contribution in [0.3, 0.4) is 0 Å². The molecule has 0 aliphatic carbocycles. The third kappa shape index (κ3) is 4.17. The molecule has 0 fully saturated rings. The first-order valence-electron chi connectivity index (χ1n) is 6.50. The van der Waals surface area contributed by atoms with E-state index in [1.54, 1.807) is 13.3 Å². The molecule has 6 heteroatoms. The van der Waals surface area contributed by atoms with Crippen molar-refractivity contribution in [1.82, 2.24) is 15.0 Å². The minimum Gasteiger partial charge on any atom is -0.377 e. The maximum absolute atomic E-state index is 5.07. The van der Waals surface area contributed by atoms with Crippen LogP contribution >= 0.6 is 0 Å². The lowest BCUT2D eigenvalue weighted by atomic mass is 10.3. The Kier molecular flexibility index (Phi) is 5.25. The molecule has 20 heavy (non-hydrogen) atoms. The van der Waals surface area contributed by atoms with Gasteiger partial charge < -0.3 is 15.4 Å². The van der Waals surface area contributed by atoms with Crippen LogP contribution in [0.5, 0.6) is 0 Å². The van der Waals surface area contributed by atoms with Crippen LogP contribution in [0.25, 0.3) is 0 Å². The Balaban J connectivity index is 1.96. The second-order valence-corrected chi connectivity index (χ2v) is 4.24. The Morgan fingerprint density at radius 3 is 2.75 bits per heavy atom. The van der Waals surface area contributed by atoms with Crippen molar-refractivity contribution in [3.8, 4) is 0 Å². The van der Waals surface area contributed by atoms with Crippen LogP contribution in [0.1, 0.15) is 11.5 Å². The first kappa shape index (κ1) is 14.2. The maximum atomic E-state index is 5.07. The van der Waals surface area contributed by atoms with Crippen LogP contribution in [-0.4, -0.2) is 35.7 Å². The number of anilines is 2. The van der Waals surface area contributed by atoms with E-state index in [0.29, 0.717) is 12.4 Å². The van der Waals surface area contributed by atoms with Gasteiger partial charge in [0.2, 0.25) is 0 Å². The summed E-state index contributed by atoms with van der Waals surface area (Å²) in [6, 6.07) is 7.79. The number of nitrogens with zero attached hydrogens (tertiary/aromatic N) is 3. The average molecular weight is 273 g/mol. The van der Waals surface area contributed by atoms with Gasteiger partial charge in [0.1, 0.15) is 18.2 Å². The Hall–Kier alpha value is -2.21. The van der Waals surface area contributed by atoms with Crippen molar-refractivity contribution in [2.45, 2.75) is 13.0 Å². The van der Waals surface area contributed by atoms with E-state index in [-0.39, 0.29) is 0 Å². The fourth-order valence-corrected chi connectivity index (χ4v) is 1.77. The summed E-state index contributed by atoms with van der Waals surface area (Å²) in [5, 5.41) is 6.30. The molecule has 0 atom stereocenters. The number of methoxy groups -OCH3 is 1. The minimum absolute atomic E-state index is 0.393. The predicted octanol–water partition coefficient (Wildman–Crippen LogP) is 1.71. The lowest BCUT2D eigenvalue weighted by Crippen LogP contribution is -2.10. The number of pyridine rings is 1. The van der Waals surface area contributed by atoms with Crippen LogP contribution in [-0.2, 0) is 17.8 Å². The van der Waals surface area contributed by atoms with Crippen molar-refractivity contribution in [2.75, 3.05) is 31.3 Å². The highest BCUT2D eigenvalue weighted by Gasteiger charge is 2.03. The average Bonchev–Trinajstić information content (AvgIpc) is 2.48. The standard InChI is InChI=1S/C14H19N5O/c1-15-12-9-13(19-14(18-12)10-20-2)17-8-6-11-5-3-4-7-16-11/h3-5,7,9H,6,8,10H2,1-2H3,(H2,15,17,18,19). The second kappa shape index (κ2) is 7.40. The number of ether oxygens (including phenoxy) is 1. The first-order chi connectivity index (χ1) is 9.81. The molecule has 0 amide bonds. The molecule has 0 saturated carbocycles. The molecule has 2 aromatic heterocycles. The van der Waals surface area contributed by atoms with Gasteiger partial charge in [0.15, 0.2) is 5.82 Å². The predicted molar refractivity (Wildman–Crippen MR) is 78.7 cm³/mol. The molecule has 0 unspecified atom stereocenters. The van der Waals surface area contributed by atoms with E-state index in [1.807, 2.05) is 31.3 Å². The lowest BCUT2D eigenvalue weighted by Gasteiger charge is -2.09. The van der Waals surface area contributed by atoms with E-state index in [0.717, 1.165) is 30.3 Å². The number of hydrogen-bond acceptors (Lipinski definition) is 6. The summed E-state index contributed by atoms with van der Waals surface area (Å²) >= 11 is 0. The zero-order valence-electron chi connectivity index (χ0n) is 11.8. The molecular weight excluding hydrogens is 254 g/mol. The van der Waals surface area contributed by atoms with E-state index in [4.69, 9.17) is 4.74 Å². The highest BCUT2D eigenvalue weighted by Crippen LogP contribution is 2.11. The van der Waals surface area contributed by atoms with Crippen molar-refractivity contribution < 1.29 is 4.74 Å². The van der Waals surface area contributed by atoms with Gasteiger partial charge >= 0.3 is 0 Å². The van der Waals surface area contributed by atoms with Gasteiger partial charge in [0.05, 0.1) is 0 Å². The molecule has 6 nitrogen and oxygen atoms in total. The van der Waals surface area contributed by atoms with Crippen LogP contribution in [0.15, 0.2) is 30.5 Å². The zero-order valence-corrected chi connectivity index (χ0v) is 11.8. The summed E-state index contributed by atoms with van der Waals surface area (Å²) in [6.45, 7) is 1.16. The molecule has 2 heterocycles. The van der Waals surface area contributed by atoms with Gasteiger partial charge in [-0.1, -0.05) is 6.07 Å². The first-order valence-corrected chi connectivity index (χ1v) is 6.50. The number of hydrogen-bond donors (Lipinski definition) is 2. The van der Waals surface area contributed by atoms with E-state index in [1.165, 1.54) is 0 Å². The van der Waals surface area contributed by atoms with E-state index in [2.05, 4.69) is 25.6 Å². The van der Waals surface area contributed by atoms with Crippen LogP contribution in [0.2, 0.25) is 0 Å². The molecule has 0 radical (unpaired) electrons. The van der Waals surface area contributed by atoms with Gasteiger partial charge in [0, 0.05) is 45.1 Å². The minimum atomic E-state index is 0.393. The molecule has 2 rings (SSSR count). The van der Waals surface area contributed by atoms with E-state index >= 15 is 0 Å². The zero-order chi connectivity index (χ0) is 14.2. The molecule has 0 spiro atoms. The summed E-state index contributed by atoms with van der Waals surface area (Å²) in [5.41, 5.74) is 1.06. The normalized spacial score (nSPS) is 10.3. The Labute approximate surface area is 118 Å². The Morgan fingerprint density at radius 1 is 1.20 bits per heavy atom. The van der Waals surface area contributed by atoms with E-state index < -0.39 is 0 Å². The van der Waals surface area contributed by atoms with Crippen LogP contribution in [0, 0.1) is 0 Å². The molecule has 0 bridgehead atoms. The van der Waals surface area contributed by atoms with Crippen molar-refractivity contribution >= 4 is 11.6 Å². The van der Waals surface area contributed by atoms with Gasteiger partial charge in [-0.2, -0.15) is 0 Å². The Bertz CT molecular complexity index is 532. The van der Waals surface area contributed by atoms with Crippen molar-refractivity contribution in [3.63, 3.8) is 0 Å². The van der Waals surface area contributed by atoms with Gasteiger partial charge in [-0.3, -0.25) is 4.98 Å². The lowest BCUT2D eigenvalue weighted by molar-refractivity contribution is 0.178. The van der Waals surface area contributed by atoms with Crippen molar-refractivity contribution in [1.29, 1.82) is 0 Å². The summed E-state index contributed by atoms with van der Waals surface area (Å²) in [7, 11) is 3.46. The largest absolute Gasteiger partial charge is 0.377 e. The molecule has 0 aromatic carbocycles. The smallest absolute Gasteiger partial charge is 0.158 e. The molecule has 0 aliphatic heterocycles. The molecule has 0 saturated heterocycles. The maximum Gasteiger partial charge on any atom is 0.158 e. The SMILES string of the molecule is CNc1cc(NCCc2ccccn2)nc(COC)n1. The van der Waals surface area contributed by atoms with Gasteiger partial charge in [0.25, 0.3) is 0 Å². The van der Waals surface area contributed by atoms with Crippen molar-refractivity contribution in [3.05, 3.63) is 42.0 Å². The Morgan fingerprint density at radius 2 is 2.05 bits per heavy atom. The molecule has 2 aromatic rings. The monoisotopic (exact) mass is 273 g/mol. The van der Waals surface area contributed by atoms with Gasteiger partial charge in [-0.15, -0.1) is 0 Å². The number of aromatic nitrogens is 3. The number of rotatable bonds is 7. The second-order valence-electron chi connectivity index (χ2n) is 4.24. The van der Waals surface area contributed by atoms with E-state index in [9.17, 15) is 0 Å². The summed E-state index contributed by atoms with van der Waals surface area (Å²) in [4.78, 5) is 13.0. The van der Waals surface area contributed by atoms with Crippen LogP contribution < -0.4 is 10.6 Å². The fourth-order valence-electron chi connectivity index (χ4n) is 1.77. The third-order valence-corrected chi connectivity index (χ3v) is 2.72. The quantitative estimate of drug-likeness (QED) is 0.800. The highest BCUT2D eigenvalue weighted by molar-refractivity contribution is 5.47. The topological polar surface area (TPSA) is 72.0 Å². The highest BCUT2D eigenvalue weighted by atomic mass is 16.5. The summed E-state index contributed by atoms with van der Waals surface area (Å²) in [6.07, 6.45) is 2.65.